The molecular formula is C29H32N4O7S. The molecule has 3 aromatic heterocycles. The molecule has 1 atom stereocenters. The lowest BCUT2D eigenvalue weighted by molar-refractivity contribution is -0.119. The Kier molecular flexibility index (Phi) is 7.30. The number of aryl methyl sites for hydroxylation is 1. The topological polar surface area (TPSA) is 141 Å². The standard InChI is InChI=1S/C29H32N4O7S/c1-17-23-26(35)33(29(9-10-29)15-22(30)34)28(36)32(27(23)41-24(17)25-31-11-14-39-25)16-21(40-18-7-12-38-13-8-18)19-5-3-4-6-20(19)37-2/h3-6,11,14,18,21H,7-10,12-13,15-16H2,1-2H3,(H2,30,34). The molecule has 4 aromatic rings. The number of carbonyl (C=O) groups is 1. The molecule has 1 aliphatic heterocycles. The average Bonchev–Trinajstić information content (AvgIpc) is 3.35. The third-order valence-electron chi connectivity index (χ3n) is 8.00. The van der Waals surface area contributed by atoms with E-state index in [0.717, 1.165) is 18.4 Å². The van der Waals surface area contributed by atoms with Gasteiger partial charge in [0.05, 0.1) is 48.2 Å². The van der Waals surface area contributed by atoms with Crippen molar-refractivity contribution >= 4 is 27.5 Å². The highest BCUT2D eigenvalue weighted by Crippen LogP contribution is 2.46. The van der Waals surface area contributed by atoms with Crippen LogP contribution in [-0.2, 0) is 26.4 Å². The third-order valence-corrected chi connectivity index (χ3v) is 9.31. The van der Waals surface area contributed by atoms with Crippen LogP contribution in [0.4, 0.5) is 0 Å². The first-order valence-electron chi connectivity index (χ1n) is 13.7. The fourth-order valence-corrected chi connectivity index (χ4v) is 7.01. The van der Waals surface area contributed by atoms with Crippen molar-refractivity contribution in [1.29, 1.82) is 0 Å². The zero-order valence-electron chi connectivity index (χ0n) is 23.0. The number of nitrogens with two attached hydrogens (primary N) is 1. The molecule has 1 saturated heterocycles. The van der Waals surface area contributed by atoms with E-state index >= 15 is 0 Å². The minimum Gasteiger partial charge on any atom is -0.496 e. The molecule has 2 aliphatic rings. The van der Waals surface area contributed by atoms with Crippen LogP contribution in [0.1, 0.15) is 49.3 Å². The number of ether oxygens (including phenoxy) is 3. The van der Waals surface area contributed by atoms with Gasteiger partial charge in [-0.05, 0) is 44.2 Å². The number of fused-ring (bicyclic) bond motifs is 1. The molecular weight excluding hydrogens is 548 g/mol. The summed E-state index contributed by atoms with van der Waals surface area (Å²) in [7, 11) is 1.60. The number of nitrogens with zero attached hydrogens (tertiary/aromatic N) is 3. The Morgan fingerprint density at radius 3 is 2.66 bits per heavy atom. The van der Waals surface area contributed by atoms with Crippen molar-refractivity contribution in [3.05, 3.63) is 68.7 Å². The SMILES string of the molecule is COc1ccccc1C(Cn1c(=O)n(C2(CC(N)=O)CC2)c(=O)c2c(C)c(-c3ncco3)sc21)OC1CCOCC1. The highest BCUT2D eigenvalue weighted by atomic mass is 32.1. The highest BCUT2D eigenvalue weighted by molar-refractivity contribution is 7.22. The minimum atomic E-state index is -0.936. The van der Waals surface area contributed by atoms with E-state index < -0.39 is 28.8 Å². The van der Waals surface area contributed by atoms with Gasteiger partial charge in [-0.3, -0.25) is 18.7 Å². The van der Waals surface area contributed by atoms with Gasteiger partial charge < -0.3 is 24.4 Å². The summed E-state index contributed by atoms with van der Waals surface area (Å²) < 4.78 is 26.3. The van der Waals surface area contributed by atoms with E-state index in [1.807, 2.05) is 31.2 Å². The first kappa shape index (κ1) is 27.4. The summed E-state index contributed by atoms with van der Waals surface area (Å²) in [5, 5.41) is 0.392. The lowest BCUT2D eigenvalue weighted by atomic mass is 10.1. The molecule has 12 heteroatoms. The second-order valence-electron chi connectivity index (χ2n) is 10.7. The Morgan fingerprint density at radius 2 is 2.00 bits per heavy atom. The van der Waals surface area contributed by atoms with Gasteiger partial charge in [0.15, 0.2) is 0 Å². The van der Waals surface area contributed by atoms with Gasteiger partial charge in [0.1, 0.15) is 22.9 Å². The predicted molar refractivity (Wildman–Crippen MR) is 152 cm³/mol. The van der Waals surface area contributed by atoms with Crippen LogP contribution in [0.2, 0.25) is 0 Å². The molecule has 2 N–H and O–H groups in total. The number of amides is 1. The zero-order chi connectivity index (χ0) is 28.7. The zero-order valence-corrected chi connectivity index (χ0v) is 23.8. The number of para-hydroxylation sites is 1. The number of benzene rings is 1. The van der Waals surface area contributed by atoms with Crippen molar-refractivity contribution in [2.24, 2.45) is 5.73 Å². The molecule has 1 saturated carbocycles. The smallest absolute Gasteiger partial charge is 0.332 e. The van der Waals surface area contributed by atoms with Crippen LogP contribution in [-0.4, -0.2) is 46.5 Å². The summed E-state index contributed by atoms with van der Waals surface area (Å²) in [5.41, 5.74) is 5.15. The number of thiophene rings is 1. The Morgan fingerprint density at radius 1 is 1.24 bits per heavy atom. The predicted octanol–water partition coefficient (Wildman–Crippen LogP) is 3.50. The van der Waals surface area contributed by atoms with E-state index in [9.17, 15) is 14.4 Å². The molecule has 216 valence electrons. The van der Waals surface area contributed by atoms with Gasteiger partial charge in [-0.25, -0.2) is 9.78 Å². The first-order chi connectivity index (χ1) is 19.8. The van der Waals surface area contributed by atoms with Gasteiger partial charge >= 0.3 is 5.69 Å². The molecule has 41 heavy (non-hydrogen) atoms. The fourth-order valence-electron chi connectivity index (χ4n) is 5.77. The lowest BCUT2D eigenvalue weighted by Crippen LogP contribution is -2.47. The molecule has 1 amide bonds. The quantitative estimate of drug-likeness (QED) is 0.301. The van der Waals surface area contributed by atoms with Gasteiger partial charge in [-0.2, -0.15) is 0 Å². The average molecular weight is 581 g/mol. The Bertz CT molecular complexity index is 1690. The largest absolute Gasteiger partial charge is 0.496 e. The first-order valence-corrected chi connectivity index (χ1v) is 14.5. The molecule has 1 aromatic carbocycles. The van der Waals surface area contributed by atoms with Crippen LogP contribution in [0.3, 0.4) is 0 Å². The van der Waals surface area contributed by atoms with Gasteiger partial charge in [0.25, 0.3) is 5.56 Å². The molecule has 0 radical (unpaired) electrons. The number of hydrogen-bond acceptors (Lipinski definition) is 9. The van der Waals surface area contributed by atoms with E-state index in [-0.39, 0.29) is 19.1 Å². The van der Waals surface area contributed by atoms with Crippen molar-refractivity contribution < 1.29 is 23.4 Å². The number of primary amides is 1. The number of rotatable bonds is 10. The van der Waals surface area contributed by atoms with Gasteiger partial charge in [-0.15, -0.1) is 11.3 Å². The van der Waals surface area contributed by atoms with Crippen LogP contribution in [0.15, 0.2) is 50.7 Å². The van der Waals surface area contributed by atoms with Crippen molar-refractivity contribution in [2.45, 2.75) is 63.3 Å². The van der Waals surface area contributed by atoms with Gasteiger partial charge in [0.2, 0.25) is 11.8 Å². The number of oxazole rings is 1. The van der Waals surface area contributed by atoms with E-state index in [4.69, 9.17) is 24.4 Å². The maximum absolute atomic E-state index is 14.3. The molecule has 1 aliphatic carbocycles. The van der Waals surface area contributed by atoms with Crippen LogP contribution in [0.25, 0.3) is 21.0 Å². The van der Waals surface area contributed by atoms with Crippen molar-refractivity contribution in [1.82, 2.24) is 14.1 Å². The molecule has 4 heterocycles. The van der Waals surface area contributed by atoms with Crippen molar-refractivity contribution in [3.63, 3.8) is 0 Å². The van der Waals surface area contributed by atoms with Crippen LogP contribution >= 0.6 is 11.3 Å². The van der Waals surface area contributed by atoms with Crippen LogP contribution < -0.4 is 21.7 Å². The maximum atomic E-state index is 14.3. The number of methoxy groups -OCH3 is 1. The normalized spacial score (nSPS) is 17.5. The summed E-state index contributed by atoms with van der Waals surface area (Å²) in [6, 6.07) is 7.56. The maximum Gasteiger partial charge on any atom is 0.332 e. The Hall–Kier alpha value is -3.74. The van der Waals surface area contributed by atoms with Crippen molar-refractivity contribution in [3.8, 4) is 16.5 Å². The number of hydrogen-bond donors (Lipinski definition) is 1. The second-order valence-corrected chi connectivity index (χ2v) is 11.7. The van der Waals surface area contributed by atoms with E-state index in [0.29, 0.717) is 58.4 Å². The van der Waals surface area contributed by atoms with E-state index in [2.05, 4.69) is 4.98 Å². The van der Waals surface area contributed by atoms with E-state index in [1.54, 1.807) is 11.7 Å². The van der Waals surface area contributed by atoms with E-state index in [1.165, 1.54) is 28.4 Å². The second kappa shape index (κ2) is 10.9. The number of carbonyl (C=O) groups excluding carboxylic acids is 1. The monoisotopic (exact) mass is 580 g/mol. The summed E-state index contributed by atoms with van der Waals surface area (Å²) >= 11 is 1.28. The summed E-state index contributed by atoms with van der Waals surface area (Å²) in [6.07, 6.45) is 4.76. The highest BCUT2D eigenvalue weighted by Gasteiger charge is 2.49. The van der Waals surface area contributed by atoms with Crippen LogP contribution in [0, 0.1) is 6.92 Å². The summed E-state index contributed by atoms with van der Waals surface area (Å²) in [4.78, 5) is 45.8. The Balaban J connectivity index is 1.56. The molecule has 1 unspecified atom stereocenters. The third kappa shape index (κ3) is 5.00. The molecule has 0 bridgehead atoms. The van der Waals surface area contributed by atoms with Crippen LogP contribution in [0.5, 0.6) is 5.75 Å². The molecule has 11 nitrogen and oxygen atoms in total. The Labute approximate surface area is 239 Å². The molecule has 0 spiro atoms. The summed E-state index contributed by atoms with van der Waals surface area (Å²) in [5.74, 6) is 0.446. The van der Waals surface area contributed by atoms with Crippen molar-refractivity contribution in [2.75, 3.05) is 20.3 Å². The van der Waals surface area contributed by atoms with Gasteiger partial charge in [-0.1, -0.05) is 18.2 Å². The van der Waals surface area contributed by atoms with Gasteiger partial charge in [0, 0.05) is 18.8 Å². The lowest BCUT2D eigenvalue weighted by Gasteiger charge is -2.29. The summed E-state index contributed by atoms with van der Waals surface area (Å²) in [6.45, 7) is 3.13. The fraction of sp³-hybridized carbons (Fsp3) is 0.448. The number of aromatic nitrogens is 3. The molecule has 2 fully saturated rings. The minimum absolute atomic E-state index is 0.0756. The molecule has 6 rings (SSSR count).